The van der Waals surface area contributed by atoms with Gasteiger partial charge in [-0.25, -0.2) is 4.98 Å². The zero-order valence-electron chi connectivity index (χ0n) is 9.34. The normalized spacial score (nSPS) is 11.8. The summed E-state index contributed by atoms with van der Waals surface area (Å²) >= 11 is 0. The van der Waals surface area contributed by atoms with Crippen molar-refractivity contribution in [2.75, 3.05) is 7.11 Å². The summed E-state index contributed by atoms with van der Waals surface area (Å²) in [5.74, 6) is -0.235. The van der Waals surface area contributed by atoms with Gasteiger partial charge in [-0.2, -0.15) is 13.2 Å². The number of carbonyl (C=O) groups excluding carboxylic acids is 1. The lowest BCUT2D eigenvalue weighted by Gasteiger charge is -2.05. The lowest BCUT2D eigenvalue weighted by molar-refractivity contribution is -0.140. The van der Waals surface area contributed by atoms with Crippen LogP contribution in [0.2, 0.25) is 0 Å². The highest BCUT2D eigenvalue weighted by atomic mass is 19.4. The van der Waals surface area contributed by atoms with Gasteiger partial charge in [-0.1, -0.05) is 0 Å². The van der Waals surface area contributed by atoms with Crippen LogP contribution in [0.1, 0.15) is 11.4 Å². The van der Waals surface area contributed by atoms with E-state index in [4.69, 9.17) is 0 Å². The molecule has 0 saturated heterocycles. The Kier molecular flexibility index (Phi) is 2.98. The molecule has 1 heterocycles. The van der Waals surface area contributed by atoms with Crippen LogP contribution < -0.4 is 0 Å². The number of hydrogen-bond donors (Lipinski definition) is 1. The lowest BCUT2D eigenvalue weighted by atomic mass is 10.2. The Bertz CT molecular complexity index is 589. The second kappa shape index (κ2) is 4.32. The van der Waals surface area contributed by atoms with E-state index in [9.17, 15) is 18.0 Å². The molecular formula is C11H9F3N2O2. The third-order valence-electron chi connectivity index (χ3n) is 2.40. The van der Waals surface area contributed by atoms with Crippen LogP contribution in [0.15, 0.2) is 18.2 Å². The summed E-state index contributed by atoms with van der Waals surface area (Å²) in [4.78, 5) is 17.7. The summed E-state index contributed by atoms with van der Waals surface area (Å²) in [5.41, 5.74) is -0.145. The van der Waals surface area contributed by atoms with Gasteiger partial charge in [0.1, 0.15) is 12.2 Å². The number of ether oxygens (including phenoxy) is 1. The van der Waals surface area contributed by atoms with Crippen molar-refractivity contribution in [3.63, 3.8) is 0 Å². The van der Waals surface area contributed by atoms with Gasteiger partial charge in [0.05, 0.1) is 23.7 Å². The molecule has 2 aromatic rings. The lowest BCUT2D eigenvalue weighted by Crippen LogP contribution is -2.05. The molecule has 7 heteroatoms. The molecular weight excluding hydrogens is 249 g/mol. The number of nitrogens with one attached hydrogen (secondary N) is 1. The van der Waals surface area contributed by atoms with Gasteiger partial charge in [0, 0.05) is 0 Å². The Morgan fingerprint density at radius 3 is 2.78 bits per heavy atom. The van der Waals surface area contributed by atoms with Gasteiger partial charge < -0.3 is 9.72 Å². The van der Waals surface area contributed by atoms with Crippen LogP contribution >= 0.6 is 0 Å². The van der Waals surface area contributed by atoms with E-state index in [0.29, 0.717) is 5.52 Å². The smallest absolute Gasteiger partial charge is 0.416 e. The number of rotatable bonds is 2. The number of alkyl halides is 3. The van der Waals surface area contributed by atoms with Gasteiger partial charge in [0.25, 0.3) is 0 Å². The Morgan fingerprint density at radius 2 is 2.17 bits per heavy atom. The van der Waals surface area contributed by atoms with Gasteiger partial charge in [-0.3, -0.25) is 4.79 Å². The first kappa shape index (κ1) is 12.4. The molecule has 0 radical (unpaired) electrons. The quantitative estimate of drug-likeness (QED) is 0.841. The van der Waals surface area contributed by atoms with Gasteiger partial charge in [-0.05, 0) is 18.2 Å². The highest BCUT2D eigenvalue weighted by Crippen LogP contribution is 2.30. The third-order valence-corrected chi connectivity index (χ3v) is 2.40. The fraction of sp³-hybridized carbons (Fsp3) is 0.273. The molecule has 0 fully saturated rings. The molecule has 0 spiro atoms. The number of aromatic nitrogens is 2. The van der Waals surface area contributed by atoms with Crippen LogP contribution in [0.25, 0.3) is 11.0 Å². The number of aromatic amines is 1. The van der Waals surface area contributed by atoms with Crippen molar-refractivity contribution in [3.8, 4) is 0 Å². The number of carbonyl (C=O) groups is 1. The van der Waals surface area contributed by atoms with Crippen LogP contribution in [0, 0.1) is 0 Å². The Labute approximate surface area is 99.8 Å². The maximum atomic E-state index is 12.5. The number of imidazole rings is 1. The van der Waals surface area contributed by atoms with Gasteiger partial charge >= 0.3 is 12.1 Å². The van der Waals surface area contributed by atoms with E-state index in [0.717, 1.165) is 12.1 Å². The Balaban J connectivity index is 2.37. The first-order chi connectivity index (χ1) is 8.40. The zero-order valence-corrected chi connectivity index (χ0v) is 9.34. The Hall–Kier alpha value is -2.05. The number of fused-ring (bicyclic) bond motifs is 1. The van der Waals surface area contributed by atoms with Crippen molar-refractivity contribution in [2.45, 2.75) is 12.6 Å². The van der Waals surface area contributed by atoms with E-state index in [1.807, 2.05) is 0 Å². The molecule has 0 aliphatic rings. The van der Waals surface area contributed by atoms with E-state index < -0.39 is 17.7 Å². The number of H-pyrrole nitrogens is 1. The predicted octanol–water partition coefficient (Wildman–Crippen LogP) is 2.30. The minimum atomic E-state index is -4.40. The molecule has 0 aliphatic heterocycles. The first-order valence-electron chi connectivity index (χ1n) is 5.03. The van der Waals surface area contributed by atoms with Crippen LogP contribution in [0.3, 0.4) is 0 Å². The average Bonchev–Trinajstić information content (AvgIpc) is 2.68. The van der Waals surface area contributed by atoms with E-state index in [1.165, 1.54) is 13.2 Å². The van der Waals surface area contributed by atoms with Crippen molar-refractivity contribution in [2.24, 2.45) is 0 Å². The summed E-state index contributed by atoms with van der Waals surface area (Å²) in [6.45, 7) is 0. The number of benzene rings is 1. The van der Waals surface area contributed by atoms with Gasteiger partial charge in [0.2, 0.25) is 0 Å². The molecule has 0 saturated carbocycles. The highest BCUT2D eigenvalue weighted by molar-refractivity contribution is 5.78. The molecule has 0 bridgehead atoms. The average molecular weight is 258 g/mol. The van der Waals surface area contributed by atoms with Crippen molar-refractivity contribution in [3.05, 3.63) is 29.6 Å². The fourth-order valence-corrected chi connectivity index (χ4v) is 1.53. The van der Waals surface area contributed by atoms with E-state index >= 15 is 0 Å². The SMILES string of the molecule is COC(=O)Cc1nc2ccc(C(F)(F)F)cc2[nH]1. The van der Waals surface area contributed by atoms with Crippen LogP contribution in [0.5, 0.6) is 0 Å². The number of hydrogen-bond acceptors (Lipinski definition) is 3. The molecule has 1 aromatic carbocycles. The number of nitrogens with zero attached hydrogens (tertiary/aromatic N) is 1. The van der Waals surface area contributed by atoms with Crippen molar-refractivity contribution in [1.29, 1.82) is 0 Å². The van der Waals surface area contributed by atoms with E-state index in [1.54, 1.807) is 0 Å². The summed E-state index contributed by atoms with van der Waals surface area (Å²) in [5, 5.41) is 0. The number of methoxy groups -OCH3 is 1. The van der Waals surface area contributed by atoms with Crippen LogP contribution in [-0.2, 0) is 22.1 Å². The molecule has 1 aromatic heterocycles. The standard InChI is InChI=1S/C11H9F3N2O2/c1-18-10(17)5-9-15-7-3-2-6(11(12,13)14)4-8(7)16-9/h2-4H,5H2,1H3,(H,15,16). The summed E-state index contributed by atoms with van der Waals surface area (Å²) < 4.78 is 41.9. The highest BCUT2D eigenvalue weighted by Gasteiger charge is 2.30. The molecule has 1 N–H and O–H groups in total. The topological polar surface area (TPSA) is 55.0 Å². The summed E-state index contributed by atoms with van der Waals surface area (Å²) in [6, 6.07) is 3.17. The maximum absolute atomic E-state index is 12.5. The largest absolute Gasteiger partial charge is 0.469 e. The second-order valence-electron chi connectivity index (χ2n) is 3.67. The monoisotopic (exact) mass is 258 g/mol. The Morgan fingerprint density at radius 1 is 1.44 bits per heavy atom. The fourth-order valence-electron chi connectivity index (χ4n) is 1.53. The second-order valence-corrected chi connectivity index (χ2v) is 3.67. The van der Waals surface area contributed by atoms with Gasteiger partial charge in [0.15, 0.2) is 0 Å². The first-order valence-corrected chi connectivity index (χ1v) is 5.03. The van der Waals surface area contributed by atoms with Crippen molar-refractivity contribution >= 4 is 17.0 Å². The molecule has 0 aliphatic carbocycles. The van der Waals surface area contributed by atoms with Crippen LogP contribution in [-0.4, -0.2) is 23.0 Å². The molecule has 4 nitrogen and oxygen atoms in total. The molecule has 18 heavy (non-hydrogen) atoms. The van der Waals surface area contributed by atoms with E-state index in [2.05, 4.69) is 14.7 Å². The zero-order chi connectivity index (χ0) is 13.3. The number of halogens is 3. The van der Waals surface area contributed by atoms with Gasteiger partial charge in [-0.15, -0.1) is 0 Å². The maximum Gasteiger partial charge on any atom is 0.416 e. The molecule has 2 rings (SSSR count). The minimum absolute atomic E-state index is 0.105. The summed E-state index contributed by atoms with van der Waals surface area (Å²) in [7, 11) is 1.23. The van der Waals surface area contributed by atoms with Crippen molar-refractivity contribution in [1.82, 2.24) is 9.97 Å². The third kappa shape index (κ3) is 2.44. The van der Waals surface area contributed by atoms with Crippen LogP contribution in [0.4, 0.5) is 13.2 Å². The van der Waals surface area contributed by atoms with Crippen molar-refractivity contribution < 1.29 is 22.7 Å². The molecule has 0 unspecified atom stereocenters. The molecule has 0 atom stereocenters. The predicted molar refractivity (Wildman–Crippen MR) is 56.8 cm³/mol. The minimum Gasteiger partial charge on any atom is -0.469 e. The van der Waals surface area contributed by atoms with E-state index in [-0.39, 0.29) is 17.8 Å². The number of esters is 1. The molecule has 0 amide bonds. The summed E-state index contributed by atoms with van der Waals surface area (Å²) in [6.07, 6.45) is -4.51. The molecule has 96 valence electrons.